The third-order valence-electron chi connectivity index (χ3n) is 3.74. The highest BCUT2D eigenvalue weighted by Gasteiger charge is 2.18. The summed E-state index contributed by atoms with van der Waals surface area (Å²) in [5.41, 5.74) is 1.07. The zero-order chi connectivity index (χ0) is 18.1. The van der Waals surface area contributed by atoms with E-state index in [0.29, 0.717) is 31.1 Å². The Bertz CT molecular complexity index is 687. The van der Waals surface area contributed by atoms with E-state index in [1.807, 2.05) is 50.2 Å². The van der Waals surface area contributed by atoms with Gasteiger partial charge in [0.15, 0.2) is 6.10 Å². The second-order valence-corrected chi connectivity index (χ2v) is 5.60. The van der Waals surface area contributed by atoms with Gasteiger partial charge in [0.2, 0.25) is 0 Å². The molecular weight excluding hydrogens is 318 g/mol. The maximum absolute atomic E-state index is 12.3. The lowest BCUT2D eigenvalue weighted by Crippen LogP contribution is -2.39. The summed E-state index contributed by atoms with van der Waals surface area (Å²) < 4.78 is 16.6. The first kappa shape index (κ1) is 18.6. The quantitative estimate of drug-likeness (QED) is 0.710. The van der Waals surface area contributed by atoms with Crippen molar-refractivity contribution in [3.8, 4) is 17.2 Å². The van der Waals surface area contributed by atoms with Crippen LogP contribution in [0.2, 0.25) is 0 Å². The van der Waals surface area contributed by atoms with Gasteiger partial charge in [-0.1, -0.05) is 31.2 Å². The molecule has 5 nitrogen and oxygen atoms in total. The van der Waals surface area contributed by atoms with E-state index in [4.69, 9.17) is 14.2 Å². The Morgan fingerprint density at radius 1 is 1.12 bits per heavy atom. The number of benzene rings is 2. The highest BCUT2D eigenvalue weighted by Crippen LogP contribution is 2.20. The molecule has 0 aromatic heterocycles. The Labute approximate surface area is 148 Å². The van der Waals surface area contributed by atoms with Crippen LogP contribution in [0.15, 0.2) is 48.5 Å². The van der Waals surface area contributed by atoms with Gasteiger partial charge in [-0.2, -0.15) is 0 Å². The van der Waals surface area contributed by atoms with E-state index in [2.05, 4.69) is 5.32 Å². The molecule has 5 heteroatoms. The minimum atomic E-state index is -0.550. The number of ether oxygens (including phenoxy) is 3. The number of aryl methyl sites for hydroxylation is 1. The van der Waals surface area contributed by atoms with Gasteiger partial charge in [0.1, 0.15) is 23.9 Å². The lowest BCUT2D eigenvalue weighted by molar-refractivity contribution is -0.128. The maximum atomic E-state index is 12.3. The summed E-state index contributed by atoms with van der Waals surface area (Å²) in [4.78, 5) is 12.3. The Kier molecular flexibility index (Phi) is 7.14. The number of hydrogen-bond donors (Lipinski definition) is 1. The predicted molar refractivity (Wildman–Crippen MR) is 97.4 cm³/mol. The van der Waals surface area contributed by atoms with Crippen molar-refractivity contribution in [1.29, 1.82) is 0 Å². The summed E-state index contributed by atoms with van der Waals surface area (Å²) in [7, 11) is 1.59. The Balaban J connectivity index is 1.80. The van der Waals surface area contributed by atoms with Crippen molar-refractivity contribution in [1.82, 2.24) is 5.32 Å². The average Bonchev–Trinajstić information content (AvgIpc) is 2.64. The van der Waals surface area contributed by atoms with Crippen LogP contribution in [0.25, 0.3) is 0 Å². The number of methoxy groups -OCH3 is 1. The number of rotatable bonds is 9. The lowest BCUT2D eigenvalue weighted by atomic mass is 10.2. The number of para-hydroxylation sites is 1. The molecule has 1 N–H and O–H groups in total. The summed E-state index contributed by atoms with van der Waals surface area (Å²) in [5.74, 6) is 1.98. The second kappa shape index (κ2) is 9.57. The van der Waals surface area contributed by atoms with Crippen LogP contribution in [0.4, 0.5) is 0 Å². The van der Waals surface area contributed by atoms with Crippen LogP contribution in [-0.2, 0) is 4.79 Å². The molecule has 1 unspecified atom stereocenters. The Morgan fingerprint density at radius 2 is 1.88 bits per heavy atom. The van der Waals surface area contributed by atoms with Gasteiger partial charge < -0.3 is 19.5 Å². The van der Waals surface area contributed by atoms with E-state index in [-0.39, 0.29) is 5.91 Å². The molecule has 25 heavy (non-hydrogen) atoms. The molecule has 0 saturated carbocycles. The molecule has 0 aliphatic carbocycles. The molecule has 2 rings (SSSR count). The van der Waals surface area contributed by atoms with Crippen molar-refractivity contribution < 1.29 is 19.0 Å². The zero-order valence-electron chi connectivity index (χ0n) is 15.0. The molecule has 2 aromatic rings. The molecule has 0 radical (unpaired) electrons. The Morgan fingerprint density at radius 3 is 2.60 bits per heavy atom. The van der Waals surface area contributed by atoms with Crippen molar-refractivity contribution in [2.24, 2.45) is 0 Å². The molecule has 0 aliphatic rings. The highest BCUT2D eigenvalue weighted by atomic mass is 16.5. The van der Waals surface area contributed by atoms with Crippen LogP contribution in [0.1, 0.15) is 18.9 Å². The van der Waals surface area contributed by atoms with Crippen molar-refractivity contribution in [3.63, 3.8) is 0 Å². The smallest absolute Gasteiger partial charge is 0.261 e. The van der Waals surface area contributed by atoms with Gasteiger partial charge in [-0.25, -0.2) is 0 Å². The molecule has 2 aromatic carbocycles. The molecule has 0 bridgehead atoms. The third kappa shape index (κ3) is 5.71. The summed E-state index contributed by atoms with van der Waals surface area (Å²) >= 11 is 0. The molecule has 134 valence electrons. The number of carbonyl (C=O) groups is 1. The van der Waals surface area contributed by atoms with E-state index >= 15 is 0 Å². The maximum Gasteiger partial charge on any atom is 0.261 e. The fourth-order valence-electron chi connectivity index (χ4n) is 2.33. The summed E-state index contributed by atoms with van der Waals surface area (Å²) in [6, 6.07) is 15.0. The number of amides is 1. The first-order valence-electron chi connectivity index (χ1n) is 8.41. The summed E-state index contributed by atoms with van der Waals surface area (Å²) in [6.45, 7) is 4.73. The van der Waals surface area contributed by atoms with Crippen molar-refractivity contribution >= 4 is 5.91 Å². The van der Waals surface area contributed by atoms with Crippen LogP contribution in [0.5, 0.6) is 17.2 Å². The predicted octanol–water partition coefficient (Wildman–Crippen LogP) is 3.36. The molecule has 1 atom stereocenters. The lowest BCUT2D eigenvalue weighted by Gasteiger charge is -2.18. The minimum Gasteiger partial charge on any atom is -0.497 e. The fraction of sp³-hybridized carbons (Fsp3) is 0.350. The standard InChI is InChI=1S/C20H25NO4/c1-4-18(25-17-10-7-9-16(14-17)23-3)20(22)21-12-13-24-19-11-6-5-8-15(19)2/h5-11,14,18H,4,12-13H2,1-3H3,(H,21,22). The van der Waals surface area contributed by atoms with E-state index in [1.54, 1.807) is 19.2 Å². The van der Waals surface area contributed by atoms with E-state index in [0.717, 1.165) is 11.3 Å². The fourth-order valence-corrected chi connectivity index (χ4v) is 2.33. The molecule has 0 saturated heterocycles. The molecule has 1 amide bonds. The van der Waals surface area contributed by atoms with Gasteiger partial charge in [-0.3, -0.25) is 4.79 Å². The van der Waals surface area contributed by atoms with Crippen LogP contribution < -0.4 is 19.5 Å². The normalized spacial score (nSPS) is 11.5. The minimum absolute atomic E-state index is 0.154. The van der Waals surface area contributed by atoms with Gasteiger partial charge >= 0.3 is 0 Å². The van der Waals surface area contributed by atoms with Crippen LogP contribution in [0, 0.1) is 6.92 Å². The largest absolute Gasteiger partial charge is 0.497 e. The Hall–Kier alpha value is -2.69. The second-order valence-electron chi connectivity index (χ2n) is 5.60. The molecule has 0 spiro atoms. The van der Waals surface area contributed by atoms with E-state index in [1.165, 1.54) is 0 Å². The molecule has 0 heterocycles. The number of hydrogen-bond acceptors (Lipinski definition) is 4. The van der Waals surface area contributed by atoms with Crippen molar-refractivity contribution in [3.05, 3.63) is 54.1 Å². The molecule has 0 aliphatic heterocycles. The van der Waals surface area contributed by atoms with Crippen LogP contribution in [0.3, 0.4) is 0 Å². The van der Waals surface area contributed by atoms with Crippen molar-refractivity contribution in [2.45, 2.75) is 26.4 Å². The highest BCUT2D eigenvalue weighted by molar-refractivity contribution is 5.81. The summed E-state index contributed by atoms with van der Waals surface area (Å²) in [5, 5.41) is 2.85. The molecular formula is C20H25NO4. The number of nitrogens with one attached hydrogen (secondary N) is 1. The SMILES string of the molecule is CCC(Oc1cccc(OC)c1)C(=O)NCCOc1ccccc1C. The first-order valence-corrected chi connectivity index (χ1v) is 8.41. The zero-order valence-corrected chi connectivity index (χ0v) is 15.0. The molecule has 0 fully saturated rings. The van der Waals surface area contributed by atoms with Gasteiger partial charge in [0.25, 0.3) is 5.91 Å². The van der Waals surface area contributed by atoms with Gasteiger partial charge in [-0.05, 0) is 37.1 Å². The first-order chi connectivity index (χ1) is 12.1. The van der Waals surface area contributed by atoms with Crippen molar-refractivity contribution in [2.75, 3.05) is 20.3 Å². The van der Waals surface area contributed by atoms with Gasteiger partial charge in [-0.15, -0.1) is 0 Å². The number of carbonyl (C=O) groups excluding carboxylic acids is 1. The van der Waals surface area contributed by atoms with E-state index < -0.39 is 6.10 Å². The summed E-state index contributed by atoms with van der Waals surface area (Å²) in [6.07, 6.45) is 0.0207. The van der Waals surface area contributed by atoms with Gasteiger partial charge in [0.05, 0.1) is 13.7 Å². The van der Waals surface area contributed by atoms with Crippen LogP contribution >= 0.6 is 0 Å². The average molecular weight is 343 g/mol. The monoisotopic (exact) mass is 343 g/mol. The van der Waals surface area contributed by atoms with Crippen LogP contribution in [-0.4, -0.2) is 32.3 Å². The van der Waals surface area contributed by atoms with Gasteiger partial charge in [0, 0.05) is 6.07 Å². The third-order valence-corrected chi connectivity index (χ3v) is 3.74. The van der Waals surface area contributed by atoms with E-state index in [9.17, 15) is 4.79 Å². The topological polar surface area (TPSA) is 56.8 Å².